The molecule has 0 saturated carbocycles. The van der Waals surface area contributed by atoms with Crippen molar-refractivity contribution in [3.63, 3.8) is 0 Å². The van der Waals surface area contributed by atoms with Crippen molar-refractivity contribution < 1.29 is 5.11 Å². The zero-order chi connectivity index (χ0) is 14.8. The number of phenols is 1. The largest absolute Gasteiger partial charge is 0.508 e. The minimum atomic E-state index is -0.0139. The lowest BCUT2D eigenvalue weighted by Crippen LogP contribution is -2.12. The molecule has 3 nitrogen and oxygen atoms in total. The Kier molecular flexibility index (Phi) is 1.98. The third-order valence-electron chi connectivity index (χ3n) is 4.40. The van der Waals surface area contributed by atoms with E-state index in [1.807, 2.05) is 48.5 Å². The molecule has 22 heavy (non-hydrogen) atoms. The molecule has 0 atom stereocenters. The zero-order valence-corrected chi connectivity index (χ0v) is 11.6. The van der Waals surface area contributed by atoms with Crippen molar-refractivity contribution in [1.29, 1.82) is 0 Å². The van der Waals surface area contributed by atoms with Crippen molar-refractivity contribution in [3.8, 4) is 5.75 Å². The molecule has 0 amide bonds. The quantitative estimate of drug-likeness (QED) is 0.438. The maximum absolute atomic E-state index is 13.0. The van der Waals surface area contributed by atoms with E-state index in [9.17, 15) is 9.90 Å². The van der Waals surface area contributed by atoms with Crippen LogP contribution < -0.4 is 5.56 Å². The molecule has 3 heteroatoms. The summed E-state index contributed by atoms with van der Waals surface area (Å²) in [7, 11) is 0. The Hall–Kier alpha value is -3.07. The topological polar surface area (TPSA) is 41.7 Å². The fraction of sp³-hybridized carbons (Fsp3) is 0. The summed E-state index contributed by atoms with van der Waals surface area (Å²) < 4.78 is 1.77. The molecule has 1 N–H and O–H groups in total. The van der Waals surface area contributed by atoms with Gasteiger partial charge in [-0.25, -0.2) is 0 Å². The van der Waals surface area contributed by atoms with Gasteiger partial charge in [0.1, 0.15) is 5.75 Å². The number of hydrogen-bond donors (Lipinski definition) is 1. The number of benzene rings is 3. The van der Waals surface area contributed by atoms with Crippen molar-refractivity contribution in [1.82, 2.24) is 4.40 Å². The first-order valence-electron chi connectivity index (χ1n) is 7.16. The Labute approximate surface area is 125 Å². The molecule has 2 aromatic heterocycles. The molecule has 2 heterocycles. The summed E-state index contributed by atoms with van der Waals surface area (Å²) in [5.41, 5.74) is 1.74. The van der Waals surface area contributed by atoms with Gasteiger partial charge >= 0.3 is 0 Å². The van der Waals surface area contributed by atoms with Crippen molar-refractivity contribution in [2.75, 3.05) is 0 Å². The molecule has 0 spiro atoms. The van der Waals surface area contributed by atoms with Gasteiger partial charge in [-0.05, 0) is 29.7 Å². The van der Waals surface area contributed by atoms with Gasteiger partial charge in [-0.1, -0.05) is 36.4 Å². The maximum Gasteiger partial charge on any atom is 0.263 e. The molecule has 0 radical (unpaired) electrons. The Balaban J connectivity index is 2.32. The van der Waals surface area contributed by atoms with Gasteiger partial charge in [0.05, 0.1) is 11.0 Å². The molecule has 0 saturated heterocycles. The van der Waals surface area contributed by atoms with Crippen molar-refractivity contribution in [2.24, 2.45) is 0 Å². The highest BCUT2D eigenvalue weighted by atomic mass is 16.3. The predicted molar refractivity (Wildman–Crippen MR) is 89.0 cm³/mol. The average Bonchev–Trinajstić information content (AvgIpc) is 2.88. The van der Waals surface area contributed by atoms with Crippen molar-refractivity contribution >= 4 is 38.0 Å². The molecule has 0 aliphatic heterocycles. The second kappa shape index (κ2) is 3.77. The number of phenolic OH excluding ortho intramolecular Hbond substituents is 1. The summed E-state index contributed by atoms with van der Waals surface area (Å²) in [6.45, 7) is 0. The van der Waals surface area contributed by atoms with Crippen LogP contribution in [0.4, 0.5) is 0 Å². The van der Waals surface area contributed by atoms with E-state index in [-0.39, 0.29) is 11.3 Å². The van der Waals surface area contributed by atoms with Crippen molar-refractivity contribution in [3.05, 3.63) is 71.0 Å². The lowest BCUT2D eigenvalue weighted by atomic mass is 10.0. The van der Waals surface area contributed by atoms with Crippen molar-refractivity contribution in [2.45, 2.75) is 0 Å². The van der Waals surface area contributed by atoms with Crippen LogP contribution in [0.3, 0.4) is 0 Å². The standard InChI is InChI=1S/C19H11NO2/c21-11-9-15-12-5-1-2-7-14(12)19(22)20-17-8-4-3-6-13(17)16(10-11)18(15)20/h1-10,21H. The number of hydrogen-bond acceptors (Lipinski definition) is 2. The van der Waals surface area contributed by atoms with Crippen LogP contribution in [0.15, 0.2) is 65.5 Å². The number of rotatable bonds is 0. The van der Waals surface area contributed by atoms with E-state index in [0.717, 1.165) is 32.6 Å². The summed E-state index contributed by atoms with van der Waals surface area (Å²) in [6.07, 6.45) is 0. The van der Waals surface area contributed by atoms with Crippen LogP contribution in [0.25, 0.3) is 38.0 Å². The Morgan fingerprint density at radius 3 is 2.09 bits per heavy atom. The van der Waals surface area contributed by atoms with Gasteiger partial charge in [-0.2, -0.15) is 0 Å². The highest BCUT2D eigenvalue weighted by Crippen LogP contribution is 2.36. The molecular weight excluding hydrogens is 274 g/mol. The van der Waals surface area contributed by atoms with E-state index in [1.165, 1.54) is 0 Å². The minimum Gasteiger partial charge on any atom is -0.508 e. The summed E-state index contributed by atoms with van der Waals surface area (Å²) in [5, 5.41) is 14.5. The highest BCUT2D eigenvalue weighted by molar-refractivity contribution is 6.20. The lowest BCUT2D eigenvalue weighted by molar-refractivity contribution is 0.477. The van der Waals surface area contributed by atoms with Gasteiger partial charge in [0.15, 0.2) is 0 Å². The third kappa shape index (κ3) is 1.24. The fourth-order valence-corrected chi connectivity index (χ4v) is 3.52. The molecule has 5 aromatic rings. The smallest absolute Gasteiger partial charge is 0.263 e. The number of aromatic hydroxyl groups is 1. The Morgan fingerprint density at radius 1 is 0.727 bits per heavy atom. The molecule has 104 valence electrons. The third-order valence-corrected chi connectivity index (χ3v) is 4.40. The van der Waals surface area contributed by atoms with Crippen LogP contribution in [0.2, 0.25) is 0 Å². The predicted octanol–water partition coefficient (Wildman–Crippen LogP) is 3.90. The number of para-hydroxylation sites is 1. The van der Waals surface area contributed by atoms with E-state index in [2.05, 4.69) is 0 Å². The molecule has 0 aliphatic carbocycles. The van der Waals surface area contributed by atoms with Gasteiger partial charge < -0.3 is 5.11 Å². The van der Waals surface area contributed by atoms with Gasteiger partial charge in [0.25, 0.3) is 5.56 Å². The molecular formula is C19H11NO2. The van der Waals surface area contributed by atoms with E-state index >= 15 is 0 Å². The van der Waals surface area contributed by atoms with Crippen LogP contribution in [0, 0.1) is 0 Å². The van der Waals surface area contributed by atoms with Crippen LogP contribution >= 0.6 is 0 Å². The molecule has 3 aromatic carbocycles. The first-order valence-corrected chi connectivity index (χ1v) is 7.16. The monoisotopic (exact) mass is 285 g/mol. The molecule has 0 aliphatic rings. The van der Waals surface area contributed by atoms with Gasteiger partial charge in [-0.3, -0.25) is 9.20 Å². The molecule has 0 fully saturated rings. The van der Waals surface area contributed by atoms with Gasteiger partial charge in [0, 0.05) is 21.5 Å². The number of fused-ring (bicyclic) bond motifs is 5. The molecule has 5 rings (SSSR count). The summed E-state index contributed by atoms with van der Waals surface area (Å²) in [5.74, 6) is 0.217. The highest BCUT2D eigenvalue weighted by Gasteiger charge is 2.17. The van der Waals surface area contributed by atoms with E-state index < -0.39 is 0 Å². The Bertz CT molecular complexity index is 1250. The van der Waals surface area contributed by atoms with E-state index in [0.29, 0.717) is 5.39 Å². The Morgan fingerprint density at radius 2 is 1.32 bits per heavy atom. The van der Waals surface area contributed by atoms with Crippen LogP contribution in [0.1, 0.15) is 0 Å². The summed E-state index contributed by atoms with van der Waals surface area (Å²) >= 11 is 0. The first kappa shape index (κ1) is 11.6. The lowest BCUT2D eigenvalue weighted by Gasteiger charge is -2.06. The normalized spacial score (nSPS) is 12.0. The zero-order valence-electron chi connectivity index (χ0n) is 11.6. The minimum absolute atomic E-state index is 0.0139. The van der Waals surface area contributed by atoms with Gasteiger partial charge in [0.2, 0.25) is 0 Å². The van der Waals surface area contributed by atoms with E-state index in [1.54, 1.807) is 16.5 Å². The second-order valence-electron chi connectivity index (χ2n) is 5.59. The van der Waals surface area contributed by atoms with Crippen LogP contribution in [-0.2, 0) is 0 Å². The average molecular weight is 285 g/mol. The molecule has 0 bridgehead atoms. The summed E-state index contributed by atoms with van der Waals surface area (Å²) in [6, 6.07) is 18.8. The maximum atomic E-state index is 13.0. The fourth-order valence-electron chi connectivity index (χ4n) is 3.52. The summed E-state index contributed by atoms with van der Waals surface area (Å²) in [4.78, 5) is 13.0. The SMILES string of the molecule is O=c1c2ccccc2c2cc(O)cc3c4ccccc4n1c23. The number of pyridine rings is 1. The van der Waals surface area contributed by atoms with E-state index in [4.69, 9.17) is 0 Å². The molecule has 0 unspecified atom stereocenters. The number of nitrogens with zero attached hydrogens (tertiary/aromatic N) is 1. The first-order chi connectivity index (χ1) is 10.8. The van der Waals surface area contributed by atoms with Crippen LogP contribution in [0.5, 0.6) is 5.75 Å². The second-order valence-corrected chi connectivity index (χ2v) is 5.59. The number of aromatic nitrogens is 1. The van der Waals surface area contributed by atoms with Crippen LogP contribution in [-0.4, -0.2) is 9.51 Å². The van der Waals surface area contributed by atoms with Gasteiger partial charge in [-0.15, -0.1) is 0 Å².